The molecule has 1 heterocycles. The van der Waals surface area contributed by atoms with E-state index in [0.717, 1.165) is 12.2 Å². The molecule has 0 atom stereocenters. The number of hydrogen-bond donors (Lipinski definition) is 0. The third-order valence-corrected chi connectivity index (χ3v) is 1.98. The summed E-state index contributed by atoms with van der Waals surface area (Å²) in [6.45, 7) is 3.87. The summed E-state index contributed by atoms with van der Waals surface area (Å²) < 4.78 is 1.79. The second-order valence-electron chi connectivity index (χ2n) is 2.92. The average Bonchev–Trinajstić information content (AvgIpc) is 2.44. The zero-order chi connectivity index (χ0) is 9.84. The Kier molecular flexibility index (Phi) is 3.01. The van der Waals surface area contributed by atoms with Crippen molar-refractivity contribution < 1.29 is 4.79 Å². The third kappa shape index (κ3) is 2.05. The molecule has 70 valence electrons. The minimum atomic E-state index is 0.0185. The fraction of sp³-hybridized carbons (Fsp3) is 0.400. The SMILES string of the molecule is CC/C=C/C(=O)c1cnc(C)n1C. The van der Waals surface area contributed by atoms with E-state index in [2.05, 4.69) is 4.98 Å². The van der Waals surface area contributed by atoms with Gasteiger partial charge in [0.05, 0.1) is 6.20 Å². The van der Waals surface area contributed by atoms with Gasteiger partial charge in [-0.05, 0) is 19.4 Å². The quantitative estimate of drug-likeness (QED) is 0.523. The molecule has 1 rings (SSSR count). The maximum atomic E-state index is 11.5. The summed E-state index contributed by atoms with van der Waals surface area (Å²) >= 11 is 0. The number of ketones is 1. The number of carbonyl (C=O) groups is 1. The van der Waals surface area contributed by atoms with Crippen molar-refractivity contribution in [2.75, 3.05) is 0 Å². The van der Waals surface area contributed by atoms with Crippen LogP contribution in [-0.2, 0) is 7.05 Å². The van der Waals surface area contributed by atoms with Crippen LogP contribution in [0.15, 0.2) is 18.3 Å². The maximum Gasteiger partial charge on any atom is 0.203 e. The minimum absolute atomic E-state index is 0.0185. The Labute approximate surface area is 78.1 Å². The zero-order valence-electron chi connectivity index (χ0n) is 8.24. The summed E-state index contributed by atoms with van der Waals surface area (Å²) in [5.74, 6) is 0.873. The molecule has 0 aliphatic carbocycles. The predicted molar refractivity (Wildman–Crippen MR) is 51.7 cm³/mol. The summed E-state index contributed by atoms with van der Waals surface area (Å²) in [4.78, 5) is 15.5. The highest BCUT2D eigenvalue weighted by atomic mass is 16.1. The van der Waals surface area contributed by atoms with E-state index < -0.39 is 0 Å². The van der Waals surface area contributed by atoms with Crippen LogP contribution in [0.1, 0.15) is 29.7 Å². The van der Waals surface area contributed by atoms with Crippen molar-refractivity contribution in [3.8, 4) is 0 Å². The Morgan fingerprint density at radius 1 is 1.69 bits per heavy atom. The molecule has 3 heteroatoms. The lowest BCUT2D eigenvalue weighted by Crippen LogP contribution is -2.03. The van der Waals surface area contributed by atoms with Crippen molar-refractivity contribution >= 4 is 5.78 Å². The molecule has 0 N–H and O–H groups in total. The normalized spacial score (nSPS) is 11.0. The number of hydrogen-bond acceptors (Lipinski definition) is 2. The molecule has 0 saturated carbocycles. The van der Waals surface area contributed by atoms with Gasteiger partial charge in [0.2, 0.25) is 5.78 Å². The molecular weight excluding hydrogens is 164 g/mol. The van der Waals surface area contributed by atoms with Crippen molar-refractivity contribution in [3.63, 3.8) is 0 Å². The average molecular weight is 178 g/mol. The van der Waals surface area contributed by atoms with Gasteiger partial charge in [0.1, 0.15) is 11.5 Å². The van der Waals surface area contributed by atoms with Crippen LogP contribution in [0.25, 0.3) is 0 Å². The molecule has 0 aliphatic rings. The van der Waals surface area contributed by atoms with Gasteiger partial charge < -0.3 is 4.57 Å². The van der Waals surface area contributed by atoms with Crippen LogP contribution >= 0.6 is 0 Å². The van der Waals surface area contributed by atoms with Gasteiger partial charge in [-0.3, -0.25) is 4.79 Å². The molecule has 0 saturated heterocycles. The largest absolute Gasteiger partial charge is 0.329 e. The molecule has 1 aromatic heterocycles. The van der Waals surface area contributed by atoms with Crippen LogP contribution in [0.4, 0.5) is 0 Å². The molecule has 0 unspecified atom stereocenters. The first-order valence-electron chi connectivity index (χ1n) is 4.36. The van der Waals surface area contributed by atoms with Gasteiger partial charge in [-0.2, -0.15) is 0 Å². The summed E-state index contributed by atoms with van der Waals surface area (Å²) in [6.07, 6.45) is 5.93. The van der Waals surface area contributed by atoms with E-state index in [0.29, 0.717) is 5.69 Å². The number of aryl methyl sites for hydroxylation is 1. The van der Waals surface area contributed by atoms with Crippen molar-refractivity contribution in [3.05, 3.63) is 29.9 Å². The number of imidazole rings is 1. The van der Waals surface area contributed by atoms with Crippen LogP contribution in [-0.4, -0.2) is 15.3 Å². The Morgan fingerprint density at radius 2 is 2.38 bits per heavy atom. The standard InChI is InChI=1S/C10H14N2O/c1-4-5-6-10(13)9-7-11-8(2)12(9)3/h5-7H,4H2,1-3H3/b6-5+. The molecular formula is C10H14N2O. The molecule has 0 amide bonds. The fourth-order valence-electron chi connectivity index (χ4n) is 1.04. The third-order valence-electron chi connectivity index (χ3n) is 1.98. The zero-order valence-corrected chi connectivity index (χ0v) is 8.24. The molecule has 0 radical (unpaired) electrons. The molecule has 0 fully saturated rings. The second kappa shape index (κ2) is 4.03. The number of aromatic nitrogens is 2. The van der Waals surface area contributed by atoms with Gasteiger partial charge in [-0.15, -0.1) is 0 Å². The van der Waals surface area contributed by atoms with Gasteiger partial charge in [0, 0.05) is 7.05 Å². The van der Waals surface area contributed by atoms with E-state index in [1.54, 1.807) is 16.8 Å². The van der Waals surface area contributed by atoms with Crippen LogP contribution in [0.3, 0.4) is 0 Å². The van der Waals surface area contributed by atoms with Crippen LogP contribution in [0.2, 0.25) is 0 Å². The van der Waals surface area contributed by atoms with Crippen molar-refractivity contribution in [1.82, 2.24) is 9.55 Å². The molecule has 0 spiro atoms. The van der Waals surface area contributed by atoms with E-state index in [1.807, 2.05) is 27.0 Å². The highest BCUT2D eigenvalue weighted by Gasteiger charge is 2.07. The minimum Gasteiger partial charge on any atom is -0.329 e. The van der Waals surface area contributed by atoms with Crippen molar-refractivity contribution in [1.29, 1.82) is 0 Å². The summed E-state index contributed by atoms with van der Waals surface area (Å²) in [7, 11) is 1.84. The summed E-state index contributed by atoms with van der Waals surface area (Å²) in [5.41, 5.74) is 0.641. The highest BCUT2D eigenvalue weighted by molar-refractivity contribution is 6.03. The number of nitrogens with zero attached hydrogens (tertiary/aromatic N) is 2. The van der Waals surface area contributed by atoms with Crippen LogP contribution in [0, 0.1) is 6.92 Å². The van der Waals surface area contributed by atoms with E-state index in [1.165, 1.54) is 0 Å². The van der Waals surface area contributed by atoms with Gasteiger partial charge in [-0.1, -0.05) is 13.0 Å². The predicted octanol–water partition coefficient (Wildman–Crippen LogP) is 1.88. The number of rotatable bonds is 3. The number of carbonyl (C=O) groups excluding carboxylic acids is 1. The lowest BCUT2D eigenvalue weighted by molar-refractivity contribution is 0.103. The van der Waals surface area contributed by atoms with Gasteiger partial charge in [0.15, 0.2) is 0 Å². The molecule has 1 aromatic rings. The monoisotopic (exact) mass is 178 g/mol. The fourth-order valence-corrected chi connectivity index (χ4v) is 1.04. The summed E-state index contributed by atoms with van der Waals surface area (Å²) in [5, 5.41) is 0. The Balaban J connectivity index is 2.89. The molecule has 0 aliphatic heterocycles. The lowest BCUT2D eigenvalue weighted by atomic mass is 10.2. The van der Waals surface area contributed by atoms with Gasteiger partial charge in [-0.25, -0.2) is 4.98 Å². The second-order valence-corrected chi connectivity index (χ2v) is 2.92. The van der Waals surface area contributed by atoms with Gasteiger partial charge >= 0.3 is 0 Å². The van der Waals surface area contributed by atoms with Crippen LogP contribution < -0.4 is 0 Å². The highest BCUT2D eigenvalue weighted by Crippen LogP contribution is 2.03. The molecule has 3 nitrogen and oxygen atoms in total. The topological polar surface area (TPSA) is 34.9 Å². The first-order valence-corrected chi connectivity index (χ1v) is 4.36. The molecule has 0 bridgehead atoms. The van der Waals surface area contributed by atoms with E-state index in [4.69, 9.17) is 0 Å². The Bertz CT molecular complexity index is 337. The summed E-state index contributed by atoms with van der Waals surface area (Å²) in [6, 6.07) is 0. The van der Waals surface area contributed by atoms with Crippen molar-refractivity contribution in [2.24, 2.45) is 7.05 Å². The smallest absolute Gasteiger partial charge is 0.203 e. The van der Waals surface area contributed by atoms with E-state index in [9.17, 15) is 4.79 Å². The maximum absolute atomic E-state index is 11.5. The lowest BCUT2D eigenvalue weighted by Gasteiger charge is -1.98. The first kappa shape index (κ1) is 9.71. The van der Waals surface area contributed by atoms with Crippen molar-refractivity contribution in [2.45, 2.75) is 20.3 Å². The Hall–Kier alpha value is -1.38. The van der Waals surface area contributed by atoms with E-state index >= 15 is 0 Å². The molecule has 13 heavy (non-hydrogen) atoms. The van der Waals surface area contributed by atoms with Crippen LogP contribution in [0.5, 0.6) is 0 Å². The first-order chi connectivity index (χ1) is 6.16. The number of allylic oxidation sites excluding steroid dienone is 2. The molecule has 0 aromatic carbocycles. The van der Waals surface area contributed by atoms with E-state index in [-0.39, 0.29) is 5.78 Å². The Morgan fingerprint density at radius 3 is 2.85 bits per heavy atom. The van der Waals surface area contributed by atoms with Gasteiger partial charge in [0.25, 0.3) is 0 Å².